The van der Waals surface area contributed by atoms with E-state index < -0.39 is 0 Å². The molecule has 120 valence electrons. The minimum absolute atomic E-state index is 0.715. The maximum absolute atomic E-state index is 3.85. The van der Waals surface area contributed by atoms with Gasteiger partial charge in [0.2, 0.25) is 0 Å². The molecule has 0 spiro atoms. The topological polar surface area (TPSA) is 0 Å². The number of rotatable bonds is 16. The average Bonchev–Trinajstić information content (AvgIpc) is 2.47. The van der Waals surface area contributed by atoms with Gasteiger partial charge in [0.05, 0.1) is 0 Å². The standard InChI is InChI=1S/C20H40/c1-4-6-7-8-9-10-11-12-13-14-15-16-17-18-19-20(3)5-2/h5,20H,2,4,6-19H2,1,3H3/t20-/m1/s1. The summed E-state index contributed by atoms with van der Waals surface area (Å²) in [6, 6.07) is 0. The maximum atomic E-state index is 3.85. The van der Waals surface area contributed by atoms with Crippen LogP contribution in [-0.4, -0.2) is 0 Å². The predicted molar refractivity (Wildman–Crippen MR) is 94.3 cm³/mol. The summed E-state index contributed by atoms with van der Waals surface area (Å²) in [4.78, 5) is 0. The van der Waals surface area contributed by atoms with E-state index in [9.17, 15) is 0 Å². The molecule has 0 aromatic heterocycles. The summed E-state index contributed by atoms with van der Waals surface area (Å²) < 4.78 is 0. The van der Waals surface area contributed by atoms with Gasteiger partial charge in [0.25, 0.3) is 0 Å². The average molecular weight is 281 g/mol. The third-order valence-electron chi connectivity index (χ3n) is 4.42. The lowest BCUT2D eigenvalue weighted by molar-refractivity contribution is 0.519. The second-order valence-corrected chi connectivity index (χ2v) is 6.60. The Bertz CT molecular complexity index is 182. The van der Waals surface area contributed by atoms with E-state index in [0.29, 0.717) is 5.92 Å². The Kier molecular flexibility index (Phi) is 16.6. The lowest BCUT2D eigenvalue weighted by Gasteiger charge is -2.05. The molecule has 0 unspecified atom stereocenters. The molecule has 0 aliphatic rings. The molecule has 0 amide bonds. The van der Waals surface area contributed by atoms with E-state index in [0.717, 1.165) is 0 Å². The van der Waals surface area contributed by atoms with Gasteiger partial charge in [0.1, 0.15) is 0 Å². The van der Waals surface area contributed by atoms with E-state index in [1.807, 2.05) is 0 Å². The molecule has 0 N–H and O–H groups in total. The third-order valence-corrected chi connectivity index (χ3v) is 4.42. The number of hydrogen-bond acceptors (Lipinski definition) is 0. The van der Waals surface area contributed by atoms with E-state index in [4.69, 9.17) is 0 Å². The van der Waals surface area contributed by atoms with Crippen LogP contribution in [-0.2, 0) is 0 Å². The highest BCUT2D eigenvalue weighted by Crippen LogP contribution is 2.14. The van der Waals surface area contributed by atoms with Gasteiger partial charge in [-0.1, -0.05) is 110 Å². The molecule has 0 fully saturated rings. The van der Waals surface area contributed by atoms with Crippen LogP contribution < -0.4 is 0 Å². The van der Waals surface area contributed by atoms with Gasteiger partial charge < -0.3 is 0 Å². The van der Waals surface area contributed by atoms with Crippen molar-refractivity contribution in [1.29, 1.82) is 0 Å². The molecule has 0 aromatic carbocycles. The largest absolute Gasteiger partial charge is 0.103 e. The second kappa shape index (κ2) is 16.8. The Morgan fingerprint density at radius 1 is 0.650 bits per heavy atom. The van der Waals surface area contributed by atoms with E-state index in [-0.39, 0.29) is 0 Å². The molecule has 0 aliphatic heterocycles. The Morgan fingerprint density at radius 2 is 1.00 bits per heavy atom. The molecule has 0 saturated carbocycles. The summed E-state index contributed by atoms with van der Waals surface area (Å²) in [5.74, 6) is 0.715. The first-order valence-electron chi connectivity index (χ1n) is 9.43. The molecule has 20 heavy (non-hydrogen) atoms. The van der Waals surface area contributed by atoms with Gasteiger partial charge in [0, 0.05) is 0 Å². The highest BCUT2D eigenvalue weighted by atomic mass is 14.0. The van der Waals surface area contributed by atoms with Crippen molar-refractivity contribution in [2.24, 2.45) is 5.92 Å². The van der Waals surface area contributed by atoms with Gasteiger partial charge in [-0.2, -0.15) is 0 Å². The van der Waals surface area contributed by atoms with Crippen LogP contribution in [0.2, 0.25) is 0 Å². The van der Waals surface area contributed by atoms with Crippen LogP contribution >= 0.6 is 0 Å². The monoisotopic (exact) mass is 280 g/mol. The van der Waals surface area contributed by atoms with Crippen molar-refractivity contribution >= 4 is 0 Å². The molecule has 1 atom stereocenters. The maximum Gasteiger partial charge on any atom is -0.0265 e. The zero-order valence-corrected chi connectivity index (χ0v) is 14.5. The molecular weight excluding hydrogens is 240 g/mol. The summed E-state index contributed by atoms with van der Waals surface area (Å²) in [5, 5.41) is 0. The van der Waals surface area contributed by atoms with Gasteiger partial charge in [-0.15, -0.1) is 6.58 Å². The lowest BCUT2D eigenvalue weighted by Crippen LogP contribution is -1.89. The van der Waals surface area contributed by atoms with Crippen LogP contribution in [0.15, 0.2) is 12.7 Å². The second-order valence-electron chi connectivity index (χ2n) is 6.60. The smallest absolute Gasteiger partial charge is 0.0265 e. The fourth-order valence-electron chi connectivity index (χ4n) is 2.78. The lowest BCUT2D eigenvalue weighted by atomic mass is 10.0. The molecule has 0 radical (unpaired) electrons. The molecule has 0 aromatic rings. The van der Waals surface area contributed by atoms with Crippen molar-refractivity contribution in [2.75, 3.05) is 0 Å². The summed E-state index contributed by atoms with van der Waals surface area (Å²) in [6.45, 7) is 8.41. The number of hydrogen-bond donors (Lipinski definition) is 0. The minimum atomic E-state index is 0.715. The molecule has 0 saturated heterocycles. The van der Waals surface area contributed by atoms with Crippen molar-refractivity contribution in [3.8, 4) is 0 Å². The molecule has 0 rings (SSSR count). The van der Waals surface area contributed by atoms with Crippen LogP contribution in [0.5, 0.6) is 0 Å². The Morgan fingerprint density at radius 3 is 1.35 bits per heavy atom. The highest BCUT2D eigenvalue weighted by Gasteiger charge is 1.96. The quantitative estimate of drug-likeness (QED) is 0.201. The molecule has 0 heterocycles. The van der Waals surface area contributed by atoms with Crippen molar-refractivity contribution in [2.45, 2.75) is 110 Å². The van der Waals surface area contributed by atoms with Crippen molar-refractivity contribution in [3.63, 3.8) is 0 Å². The van der Waals surface area contributed by atoms with Gasteiger partial charge in [-0.25, -0.2) is 0 Å². The molecule has 0 bridgehead atoms. The Hall–Kier alpha value is -0.260. The van der Waals surface area contributed by atoms with Crippen LogP contribution in [0.4, 0.5) is 0 Å². The summed E-state index contributed by atoms with van der Waals surface area (Å²) in [6.07, 6.45) is 23.7. The van der Waals surface area contributed by atoms with Crippen LogP contribution in [0.3, 0.4) is 0 Å². The Labute approximate surface area is 129 Å². The number of unbranched alkanes of at least 4 members (excludes halogenated alkanes) is 13. The van der Waals surface area contributed by atoms with Gasteiger partial charge >= 0.3 is 0 Å². The normalized spacial score (nSPS) is 12.5. The number of allylic oxidation sites excluding steroid dienone is 1. The van der Waals surface area contributed by atoms with Gasteiger partial charge in [-0.3, -0.25) is 0 Å². The summed E-state index contributed by atoms with van der Waals surface area (Å²) >= 11 is 0. The minimum Gasteiger partial charge on any atom is -0.103 e. The molecule has 0 nitrogen and oxygen atoms in total. The molecule has 0 heteroatoms. The van der Waals surface area contributed by atoms with Crippen molar-refractivity contribution < 1.29 is 0 Å². The SMILES string of the molecule is C=C[C@@H](C)CCCCCCCCCCCCCCCC. The zero-order chi connectivity index (χ0) is 14.9. The van der Waals surface area contributed by atoms with Crippen LogP contribution in [0, 0.1) is 5.92 Å². The van der Waals surface area contributed by atoms with Gasteiger partial charge in [-0.05, 0) is 12.3 Å². The molecule has 0 aliphatic carbocycles. The fourth-order valence-corrected chi connectivity index (χ4v) is 2.78. The van der Waals surface area contributed by atoms with E-state index in [1.54, 1.807) is 0 Å². The fraction of sp³-hybridized carbons (Fsp3) is 0.900. The predicted octanol–water partition coefficient (Wildman–Crippen LogP) is 7.68. The summed E-state index contributed by atoms with van der Waals surface area (Å²) in [5.41, 5.74) is 0. The van der Waals surface area contributed by atoms with Crippen molar-refractivity contribution in [3.05, 3.63) is 12.7 Å². The zero-order valence-electron chi connectivity index (χ0n) is 14.5. The van der Waals surface area contributed by atoms with E-state index >= 15 is 0 Å². The Balaban J connectivity index is 2.97. The first-order chi connectivity index (χ1) is 9.81. The first kappa shape index (κ1) is 19.7. The third kappa shape index (κ3) is 15.8. The molecular formula is C20H40. The first-order valence-corrected chi connectivity index (χ1v) is 9.43. The van der Waals surface area contributed by atoms with Gasteiger partial charge in [0.15, 0.2) is 0 Å². The van der Waals surface area contributed by atoms with E-state index in [2.05, 4.69) is 26.5 Å². The van der Waals surface area contributed by atoms with Crippen molar-refractivity contribution in [1.82, 2.24) is 0 Å². The van der Waals surface area contributed by atoms with E-state index in [1.165, 1.54) is 96.3 Å². The van der Waals surface area contributed by atoms with Crippen LogP contribution in [0.25, 0.3) is 0 Å². The van der Waals surface area contributed by atoms with Crippen LogP contribution in [0.1, 0.15) is 110 Å². The highest BCUT2D eigenvalue weighted by molar-refractivity contribution is 4.74. The summed E-state index contributed by atoms with van der Waals surface area (Å²) in [7, 11) is 0.